The molecular formula is C20H16O4. The number of hydrogen-bond donors (Lipinski definition) is 2. The zero-order valence-corrected chi connectivity index (χ0v) is 13.3. The van der Waals surface area contributed by atoms with Crippen molar-refractivity contribution >= 4 is 11.9 Å². The zero-order valence-electron chi connectivity index (χ0n) is 13.3. The predicted molar refractivity (Wildman–Crippen MR) is 91.4 cm³/mol. The van der Waals surface area contributed by atoms with Gasteiger partial charge in [0.1, 0.15) is 0 Å². The summed E-state index contributed by atoms with van der Waals surface area (Å²) in [6, 6.07) is 14.8. The Morgan fingerprint density at radius 3 is 1.33 bits per heavy atom. The van der Waals surface area contributed by atoms with Gasteiger partial charge in [-0.2, -0.15) is 0 Å². The molecule has 0 radical (unpaired) electrons. The molecule has 0 aromatic heterocycles. The van der Waals surface area contributed by atoms with Gasteiger partial charge in [0.25, 0.3) is 0 Å². The summed E-state index contributed by atoms with van der Waals surface area (Å²) in [5, 5.41) is 16.6. The average molecular weight is 320 g/mol. The van der Waals surface area contributed by atoms with Crippen LogP contribution in [-0.2, 0) is 9.59 Å². The van der Waals surface area contributed by atoms with Gasteiger partial charge in [-0.3, -0.25) is 0 Å². The van der Waals surface area contributed by atoms with Gasteiger partial charge in [-0.1, -0.05) is 48.2 Å². The van der Waals surface area contributed by atoms with Crippen LogP contribution in [0.4, 0.5) is 0 Å². The molecule has 0 bridgehead atoms. The minimum absolute atomic E-state index is 0.764. The Morgan fingerprint density at radius 2 is 1.04 bits per heavy atom. The highest BCUT2D eigenvalue weighted by atomic mass is 16.4. The highest BCUT2D eigenvalue weighted by Gasteiger charge is 1.92. The molecule has 0 spiro atoms. The second-order valence-corrected chi connectivity index (χ2v) is 4.74. The number of carboxylic acids is 2. The van der Waals surface area contributed by atoms with E-state index in [-0.39, 0.29) is 0 Å². The number of benzene rings is 2. The minimum atomic E-state index is -1.10. The maximum Gasteiger partial charge on any atom is 0.382 e. The first-order valence-electron chi connectivity index (χ1n) is 7.01. The van der Waals surface area contributed by atoms with E-state index < -0.39 is 11.9 Å². The van der Waals surface area contributed by atoms with Gasteiger partial charge in [0, 0.05) is 23.0 Å². The van der Waals surface area contributed by atoms with Gasteiger partial charge >= 0.3 is 11.9 Å². The molecule has 0 atom stereocenters. The van der Waals surface area contributed by atoms with E-state index in [9.17, 15) is 9.59 Å². The molecule has 2 aromatic carbocycles. The van der Waals surface area contributed by atoms with Crippen LogP contribution in [-0.4, -0.2) is 22.2 Å². The van der Waals surface area contributed by atoms with Crippen LogP contribution in [0.3, 0.4) is 0 Å². The second-order valence-electron chi connectivity index (χ2n) is 4.74. The Kier molecular flexibility index (Phi) is 7.34. The third-order valence-corrected chi connectivity index (χ3v) is 2.90. The highest BCUT2D eigenvalue weighted by molar-refractivity contribution is 5.87. The van der Waals surface area contributed by atoms with Crippen LogP contribution >= 0.6 is 0 Å². The molecule has 2 aromatic rings. The van der Waals surface area contributed by atoms with Crippen LogP contribution in [0, 0.1) is 37.5 Å². The average Bonchev–Trinajstić information content (AvgIpc) is 2.54. The van der Waals surface area contributed by atoms with E-state index in [1.807, 2.05) is 50.2 Å². The number of aryl methyl sites for hydroxylation is 2. The molecule has 0 saturated heterocycles. The van der Waals surface area contributed by atoms with Crippen molar-refractivity contribution in [2.24, 2.45) is 0 Å². The van der Waals surface area contributed by atoms with Crippen LogP contribution in [0.2, 0.25) is 0 Å². The van der Waals surface area contributed by atoms with Gasteiger partial charge in [-0.15, -0.1) is 0 Å². The van der Waals surface area contributed by atoms with Gasteiger partial charge in [0.2, 0.25) is 0 Å². The van der Waals surface area contributed by atoms with Crippen molar-refractivity contribution in [1.29, 1.82) is 0 Å². The first-order chi connectivity index (χ1) is 11.4. The summed E-state index contributed by atoms with van der Waals surface area (Å²) in [4.78, 5) is 20.2. The summed E-state index contributed by atoms with van der Waals surface area (Å²) < 4.78 is 0. The maximum atomic E-state index is 10.1. The van der Waals surface area contributed by atoms with Crippen LogP contribution in [0.1, 0.15) is 22.3 Å². The minimum Gasteiger partial charge on any atom is -0.472 e. The summed E-state index contributed by atoms with van der Waals surface area (Å²) in [5.74, 6) is 7.07. The van der Waals surface area contributed by atoms with Crippen LogP contribution in [0.15, 0.2) is 48.5 Å². The number of hydrogen-bond acceptors (Lipinski definition) is 2. The van der Waals surface area contributed by atoms with Crippen molar-refractivity contribution in [1.82, 2.24) is 0 Å². The molecule has 0 aliphatic rings. The SMILES string of the molecule is Cc1ccccc1C#CC(=O)O.Cc1ccccc1C#CC(=O)O. The molecule has 0 heterocycles. The fourth-order valence-corrected chi connectivity index (χ4v) is 1.67. The fraction of sp³-hybridized carbons (Fsp3) is 0.100. The number of carbonyl (C=O) groups is 2. The molecule has 0 fully saturated rings. The number of carboxylic acid groups (broad SMARTS) is 2. The smallest absolute Gasteiger partial charge is 0.382 e. The van der Waals surface area contributed by atoms with E-state index in [1.54, 1.807) is 12.1 Å². The normalized spacial score (nSPS) is 8.42. The van der Waals surface area contributed by atoms with E-state index >= 15 is 0 Å². The molecular weight excluding hydrogens is 304 g/mol. The van der Waals surface area contributed by atoms with Crippen LogP contribution in [0.25, 0.3) is 0 Å². The lowest BCUT2D eigenvalue weighted by atomic mass is 10.1. The predicted octanol–water partition coefficient (Wildman–Crippen LogP) is 2.86. The van der Waals surface area contributed by atoms with E-state index in [1.165, 1.54) is 0 Å². The molecule has 4 heteroatoms. The third kappa shape index (κ3) is 6.98. The summed E-state index contributed by atoms with van der Waals surface area (Å²) >= 11 is 0. The Balaban J connectivity index is 0.000000240. The molecule has 4 nitrogen and oxygen atoms in total. The van der Waals surface area contributed by atoms with Crippen LogP contribution < -0.4 is 0 Å². The second kappa shape index (κ2) is 9.50. The highest BCUT2D eigenvalue weighted by Crippen LogP contribution is 2.04. The fourth-order valence-electron chi connectivity index (χ4n) is 1.67. The molecule has 0 saturated carbocycles. The third-order valence-electron chi connectivity index (χ3n) is 2.90. The van der Waals surface area contributed by atoms with Crippen molar-refractivity contribution in [3.63, 3.8) is 0 Å². The molecule has 0 aliphatic carbocycles. The van der Waals surface area contributed by atoms with Crippen molar-refractivity contribution in [2.75, 3.05) is 0 Å². The summed E-state index contributed by atoms with van der Waals surface area (Å²) in [5.41, 5.74) is 3.51. The standard InChI is InChI=1S/2C10H8O2/c2*1-8-4-2-3-5-9(8)6-7-10(11)12/h2*2-5H,1H3,(H,11,12). The Labute approximate surface area is 140 Å². The van der Waals surface area contributed by atoms with Gasteiger partial charge in [0.15, 0.2) is 0 Å². The Morgan fingerprint density at radius 1 is 0.708 bits per heavy atom. The summed E-state index contributed by atoms with van der Waals surface area (Å²) in [6.45, 7) is 3.79. The van der Waals surface area contributed by atoms with Crippen molar-refractivity contribution in [2.45, 2.75) is 13.8 Å². The molecule has 120 valence electrons. The van der Waals surface area contributed by atoms with E-state index in [2.05, 4.69) is 23.7 Å². The lowest BCUT2D eigenvalue weighted by Gasteiger charge is -1.93. The largest absolute Gasteiger partial charge is 0.472 e. The molecule has 24 heavy (non-hydrogen) atoms. The molecule has 0 amide bonds. The molecule has 2 N–H and O–H groups in total. The zero-order chi connectivity index (χ0) is 17.9. The quantitative estimate of drug-likeness (QED) is 0.732. The molecule has 0 unspecified atom stereocenters. The first kappa shape index (κ1) is 18.5. The summed E-state index contributed by atoms with van der Waals surface area (Å²) in [6.07, 6.45) is 0. The first-order valence-corrected chi connectivity index (χ1v) is 7.01. The van der Waals surface area contributed by atoms with Gasteiger partial charge in [-0.05, 0) is 37.1 Å². The maximum absolute atomic E-state index is 10.1. The number of rotatable bonds is 0. The van der Waals surface area contributed by atoms with E-state index in [4.69, 9.17) is 10.2 Å². The monoisotopic (exact) mass is 320 g/mol. The van der Waals surface area contributed by atoms with Gasteiger partial charge < -0.3 is 10.2 Å². The summed E-state index contributed by atoms with van der Waals surface area (Å²) in [7, 11) is 0. The Hall–Kier alpha value is -3.50. The van der Waals surface area contributed by atoms with Crippen molar-refractivity contribution in [3.8, 4) is 23.7 Å². The van der Waals surface area contributed by atoms with Gasteiger partial charge in [0.05, 0.1) is 0 Å². The lowest BCUT2D eigenvalue weighted by Crippen LogP contribution is -1.88. The van der Waals surface area contributed by atoms with Crippen LogP contribution in [0.5, 0.6) is 0 Å². The lowest BCUT2D eigenvalue weighted by molar-refractivity contribution is -0.131. The molecule has 2 rings (SSSR count). The van der Waals surface area contributed by atoms with Gasteiger partial charge in [-0.25, -0.2) is 9.59 Å². The topological polar surface area (TPSA) is 74.6 Å². The van der Waals surface area contributed by atoms with Crippen molar-refractivity contribution in [3.05, 3.63) is 70.8 Å². The molecule has 0 aliphatic heterocycles. The van der Waals surface area contributed by atoms with E-state index in [0.717, 1.165) is 22.3 Å². The Bertz CT molecular complexity index is 785. The van der Waals surface area contributed by atoms with Crippen molar-refractivity contribution < 1.29 is 19.8 Å². The number of aliphatic carboxylic acids is 2. The van der Waals surface area contributed by atoms with E-state index in [0.29, 0.717) is 0 Å².